The molecule has 0 saturated carbocycles. The summed E-state index contributed by atoms with van der Waals surface area (Å²) in [7, 11) is 0. The molecule has 3 aromatic rings. The fourth-order valence-electron chi connectivity index (χ4n) is 3.83. The topological polar surface area (TPSA) is 40.6 Å². The van der Waals surface area contributed by atoms with Crippen LogP contribution in [0.2, 0.25) is 0 Å². The molecule has 4 nitrogen and oxygen atoms in total. The summed E-state index contributed by atoms with van der Waals surface area (Å²) in [5.41, 5.74) is 4.57. The Bertz CT molecular complexity index is 978. The number of imide groups is 1. The number of amides is 2. The van der Waals surface area contributed by atoms with E-state index >= 15 is 0 Å². The molecule has 3 aromatic carbocycles. The SMILES string of the molecule is CCN(CCCN1C(=O)c2ccccc2C1=O)c1ccc(-c2ccccc2)cc1. The maximum absolute atomic E-state index is 12.5. The normalized spacial score (nSPS) is 12.9. The molecule has 0 bridgehead atoms. The van der Waals surface area contributed by atoms with Gasteiger partial charge in [0.25, 0.3) is 11.8 Å². The van der Waals surface area contributed by atoms with Crippen molar-refractivity contribution in [1.82, 2.24) is 4.90 Å². The first-order chi connectivity index (χ1) is 14.2. The molecule has 146 valence electrons. The molecular weight excluding hydrogens is 360 g/mol. The highest BCUT2D eigenvalue weighted by Crippen LogP contribution is 2.24. The van der Waals surface area contributed by atoms with Crippen LogP contribution in [0.4, 0.5) is 5.69 Å². The molecule has 29 heavy (non-hydrogen) atoms. The number of fused-ring (bicyclic) bond motifs is 1. The highest BCUT2D eigenvalue weighted by molar-refractivity contribution is 6.21. The summed E-state index contributed by atoms with van der Waals surface area (Å²) in [5, 5.41) is 0. The van der Waals surface area contributed by atoms with E-state index in [0.29, 0.717) is 17.7 Å². The van der Waals surface area contributed by atoms with Crippen molar-refractivity contribution >= 4 is 17.5 Å². The first-order valence-electron chi connectivity index (χ1n) is 10.0. The predicted molar refractivity (Wildman–Crippen MR) is 116 cm³/mol. The van der Waals surface area contributed by atoms with Gasteiger partial charge in [-0.1, -0.05) is 54.6 Å². The highest BCUT2D eigenvalue weighted by atomic mass is 16.2. The fraction of sp³-hybridized carbons (Fsp3) is 0.200. The van der Waals surface area contributed by atoms with Gasteiger partial charge in [0.1, 0.15) is 0 Å². The number of anilines is 1. The van der Waals surface area contributed by atoms with E-state index in [4.69, 9.17) is 0 Å². The lowest BCUT2D eigenvalue weighted by Crippen LogP contribution is -2.33. The van der Waals surface area contributed by atoms with E-state index in [1.807, 2.05) is 18.2 Å². The van der Waals surface area contributed by atoms with Crippen molar-refractivity contribution in [3.63, 3.8) is 0 Å². The Kier molecular flexibility index (Phi) is 5.43. The Morgan fingerprint density at radius 2 is 1.28 bits per heavy atom. The van der Waals surface area contributed by atoms with Crippen LogP contribution in [0, 0.1) is 0 Å². The molecule has 0 spiro atoms. The Labute approximate surface area is 171 Å². The van der Waals surface area contributed by atoms with Crippen LogP contribution in [0.3, 0.4) is 0 Å². The molecule has 2 amide bonds. The van der Waals surface area contributed by atoms with Crippen molar-refractivity contribution in [3.8, 4) is 11.1 Å². The molecule has 0 N–H and O–H groups in total. The summed E-state index contributed by atoms with van der Waals surface area (Å²) in [5.74, 6) is -0.360. The molecule has 0 fully saturated rings. The molecule has 0 radical (unpaired) electrons. The van der Waals surface area contributed by atoms with Crippen molar-refractivity contribution in [3.05, 3.63) is 90.0 Å². The van der Waals surface area contributed by atoms with Gasteiger partial charge in [-0.25, -0.2) is 0 Å². The maximum atomic E-state index is 12.5. The summed E-state index contributed by atoms with van der Waals surface area (Å²) in [6.45, 7) is 4.21. The maximum Gasteiger partial charge on any atom is 0.261 e. The summed E-state index contributed by atoms with van der Waals surface area (Å²) in [4.78, 5) is 28.6. The number of hydrogen-bond donors (Lipinski definition) is 0. The zero-order chi connectivity index (χ0) is 20.2. The first kappa shape index (κ1) is 18.9. The van der Waals surface area contributed by atoms with Crippen LogP contribution in [-0.4, -0.2) is 36.3 Å². The van der Waals surface area contributed by atoms with E-state index in [9.17, 15) is 9.59 Å². The third-order valence-electron chi connectivity index (χ3n) is 5.41. The molecule has 1 heterocycles. The molecule has 1 aliphatic rings. The third kappa shape index (κ3) is 3.79. The first-order valence-corrected chi connectivity index (χ1v) is 10.0. The van der Waals surface area contributed by atoms with Crippen molar-refractivity contribution < 1.29 is 9.59 Å². The van der Waals surface area contributed by atoms with Crippen LogP contribution < -0.4 is 4.90 Å². The fourth-order valence-corrected chi connectivity index (χ4v) is 3.83. The van der Waals surface area contributed by atoms with Crippen LogP contribution in [0.15, 0.2) is 78.9 Å². The zero-order valence-corrected chi connectivity index (χ0v) is 16.5. The molecular formula is C25H24N2O2. The van der Waals surface area contributed by atoms with Gasteiger partial charge in [-0.3, -0.25) is 14.5 Å². The molecule has 1 aliphatic heterocycles. The second kappa shape index (κ2) is 8.31. The van der Waals surface area contributed by atoms with Gasteiger partial charge in [0.15, 0.2) is 0 Å². The number of hydrogen-bond acceptors (Lipinski definition) is 3. The number of carbonyl (C=O) groups is 2. The van der Waals surface area contributed by atoms with E-state index in [1.165, 1.54) is 16.0 Å². The van der Waals surface area contributed by atoms with Gasteiger partial charge in [0.05, 0.1) is 11.1 Å². The van der Waals surface area contributed by atoms with Gasteiger partial charge < -0.3 is 4.90 Å². The van der Waals surface area contributed by atoms with Crippen molar-refractivity contribution in [2.45, 2.75) is 13.3 Å². The van der Waals surface area contributed by atoms with Gasteiger partial charge >= 0.3 is 0 Å². The number of benzene rings is 3. The Morgan fingerprint density at radius 3 is 1.86 bits per heavy atom. The highest BCUT2D eigenvalue weighted by Gasteiger charge is 2.34. The lowest BCUT2D eigenvalue weighted by molar-refractivity contribution is 0.0653. The van der Waals surface area contributed by atoms with E-state index in [1.54, 1.807) is 24.3 Å². The van der Waals surface area contributed by atoms with Crippen LogP contribution in [-0.2, 0) is 0 Å². The van der Waals surface area contributed by atoms with Crippen LogP contribution in [0.1, 0.15) is 34.1 Å². The van der Waals surface area contributed by atoms with Crippen molar-refractivity contribution in [2.75, 3.05) is 24.5 Å². The van der Waals surface area contributed by atoms with Crippen LogP contribution in [0.25, 0.3) is 11.1 Å². The van der Waals surface area contributed by atoms with Gasteiger partial charge in [-0.2, -0.15) is 0 Å². The minimum absolute atomic E-state index is 0.180. The van der Waals surface area contributed by atoms with E-state index < -0.39 is 0 Å². The van der Waals surface area contributed by atoms with E-state index in [-0.39, 0.29) is 11.8 Å². The largest absolute Gasteiger partial charge is 0.372 e. The smallest absolute Gasteiger partial charge is 0.261 e. The molecule has 0 aromatic heterocycles. The number of nitrogens with zero attached hydrogens (tertiary/aromatic N) is 2. The molecule has 0 atom stereocenters. The predicted octanol–water partition coefficient (Wildman–Crippen LogP) is 4.87. The molecule has 0 unspecified atom stereocenters. The Hall–Kier alpha value is -3.40. The van der Waals surface area contributed by atoms with Crippen molar-refractivity contribution in [2.24, 2.45) is 0 Å². The molecule has 4 heteroatoms. The molecule has 0 saturated heterocycles. The molecule has 0 aliphatic carbocycles. The van der Waals surface area contributed by atoms with Gasteiger partial charge in [0.2, 0.25) is 0 Å². The molecule has 4 rings (SSSR count). The minimum Gasteiger partial charge on any atom is -0.372 e. The summed E-state index contributed by atoms with van der Waals surface area (Å²) >= 11 is 0. The third-order valence-corrected chi connectivity index (χ3v) is 5.41. The zero-order valence-electron chi connectivity index (χ0n) is 16.5. The number of carbonyl (C=O) groups excluding carboxylic acids is 2. The number of rotatable bonds is 7. The Morgan fingerprint density at radius 1 is 0.724 bits per heavy atom. The van der Waals surface area contributed by atoms with Crippen LogP contribution in [0.5, 0.6) is 0 Å². The second-order valence-electron chi connectivity index (χ2n) is 7.15. The van der Waals surface area contributed by atoms with E-state index in [0.717, 1.165) is 25.2 Å². The standard InChI is InChI=1S/C25H24N2O2/c1-2-26(21-15-13-20(14-16-21)19-9-4-3-5-10-19)17-8-18-27-24(28)22-11-6-7-12-23(22)25(27)29/h3-7,9-16H,2,8,17-18H2,1H3. The minimum atomic E-state index is -0.180. The van der Waals surface area contributed by atoms with E-state index in [2.05, 4.69) is 48.2 Å². The van der Waals surface area contributed by atoms with Gasteiger partial charge in [0, 0.05) is 25.3 Å². The lowest BCUT2D eigenvalue weighted by Gasteiger charge is -2.24. The monoisotopic (exact) mass is 384 g/mol. The lowest BCUT2D eigenvalue weighted by atomic mass is 10.1. The van der Waals surface area contributed by atoms with Gasteiger partial charge in [-0.05, 0) is 48.7 Å². The second-order valence-corrected chi connectivity index (χ2v) is 7.15. The van der Waals surface area contributed by atoms with Crippen LogP contribution >= 0.6 is 0 Å². The summed E-state index contributed by atoms with van der Waals surface area (Å²) < 4.78 is 0. The summed E-state index contributed by atoms with van der Waals surface area (Å²) in [6, 6.07) is 25.9. The summed E-state index contributed by atoms with van der Waals surface area (Å²) in [6.07, 6.45) is 0.736. The Balaban J connectivity index is 1.38. The average Bonchev–Trinajstić information content (AvgIpc) is 3.02. The van der Waals surface area contributed by atoms with Crippen molar-refractivity contribution in [1.29, 1.82) is 0 Å². The average molecular weight is 384 g/mol. The van der Waals surface area contributed by atoms with Gasteiger partial charge in [-0.15, -0.1) is 0 Å². The quantitative estimate of drug-likeness (QED) is 0.546.